The summed E-state index contributed by atoms with van der Waals surface area (Å²) >= 11 is 0. The largest absolute Gasteiger partial charge is 0.494 e. The van der Waals surface area contributed by atoms with Gasteiger partial charge in [0.15, 0.2) is 0 Å². The van der Waals surface area contributed by atoms with E-state index in [9.17, 15) is 4.79 Å². The van der Waals surface area contributed by atoms with Crippen LogP contribution in [0.15, 0.2) is 48.7 Å². The van der Waals surface area contributed by atoms with Gasteiger partial charge >= 0.3 is 0 Å². The number of para-hydroxylation sites is 1. The van der Waals surface area contributed by atoms with Crippen molar-refractivity contribution < 1.29 is 9.53 Å². The van der Waals surface area contributed by atoms with Crippen LogP contribution in [0.1, 0.15) is 53.9 Å². The first kappa shape index (κ1) is 22.1. The molecule has 4 rings (SSSR count). The van der Waals surface area contributed by atoms with Crippen LogP contribution in [-0.2, 0) is 17.8 Å². The van der Waals surface area contributed by atoms with Crippen LogP contribution in [0.4, 0.5) is 0 Å². The van der Waals surface area contributed by atoms with E-state index in [1.807, 2.05) is 56.1 Å². The number of nitrogens with zero attached hydrogens (tertiary/aromatic N) is 4. The number of pyridine rings is 1. The van der Waals surface area contributed by atoms with Gasteiger partial charge in [-0.05, 0) is 62.9 Å². The SMILES string of the molecule is CCOc1ccccc1Cc1ccc(C2CCCN(C(=O)Cn3nc(C)cc3C)C2)nc1. The van der Waals surface area contributed by atoms with Gasteiger partial charge in [-0.15, -0.1) is 0 Å². The highest BCUT2D eigenvalue weighted by Gasteiger charge is 2.26. The van der Waals surface area contributed by atoms with E-state index in [4.69, 9.17) is 9.72 Å². The molecule has 1 aromatic carbocycles. The average molecular weight is 433 g/mol. The van der Waals surface area contributed by atoms with E-state index in [0.717, 1.165) is 60.7 Å². The highest BCUT2D eigenvalue weighted by molar-refractivity contribution is 5.76. The zero-order chi connectivity index (χ0) is 22.5. The number of carbonyl (C=O) groups excluding carboxylic acids is 1. The molecule has 1 unspecified atom stereocenters. The van der Waals surface area contributed by atoms with Crippen LogP contribution in [0, 0.1) is 13.8 Å². The maximum atomic E-state index is 12.9. The van der Waals surface area contributed by atoms with Crippen molar-refractivity contribution in [2.24, 2.45) is 0 Å². The number of benzene rings is 1. The Labute approximate surface area is 190 Å². The molecule has 32 heavy (non-hydrogen) atoms. The van der Waals surface area contributed by atoms with Crippen molar-refractivity contribution in [1.29, 1.82) is 0 Å². The summed E-state index contributed by atoms with van der Waals surface area (Å²) in [5.74, 6) is 1.34. The number of likely N-dealkylation sites (tertiary alicyclic amines) is 1. The van der Waals surface area contributed by atoms with Crippen molar-refractivity contribution in [2.45, 2.75) is 52.5 Å². The molecular formula is C26H32N4O2. The summed E-state index contributed by atoms with van der Waals surface area (Å²) in [5, 5.41) is 4.43. The molecule has 6 heteroatoms. The lowest BCUT2D eigenvalue weighted by molar-refractivity contribution is -0.133. The lowest BCUT2D eigenvalue weighted by atomic mass is 9.93. The Morgan fingerprint density at radius 1 is 1.19 bits per heavy atom. The first-order chi connectivity index (χ1) is 15.5. The molecule has 3 heterocycles. The molecule has 1 atom stereocenters. The quantitative estimate of drug-likeness (QED) is 0.559. The third kappa shape index (κ3) is 5.18. The molecule has 0 N–H and O–H groups in total. The normalized spacial score (nSPS) is 16.2. The molecule has 6 nitrogen and oxygen atoms in total. The fraction of sp³-hybridized carbons (Fsp3) is 0.423. The number of amides is 1. The summed E-state index contributed by atoms with van der Waals surface area (Å²) in [6, 6.07) is 14.4. The standard InChI is InChI=1S/C26H32N4O2/c1-4-32-25-10-6-5-8-22(25)15-21-11-12-24(27-16-21)23-9-7-13-29(17-23)26(31)18-30-20(3)14-19(2)28-30/h5-6,8,10-12,14,16,23H,4,7,9,13,15,17-18H2,1-3H3. The van der Waals surface area contributed by atoms with Crippen molar-refractivity contribution >= 4 is 5.91 Å². The molecule has 1 saturated heterocycles. The van der Waals surface area contributed by atoms with Crippen LogP contribution in [0.5, 0.6) is 5.75 Å². The zero-order valence-corrected chi connectivity index (χ0v) is 19.3. The van der Waals surface area contributed by atoms with E-state index in [0.29, 0.717) is 13.2 Å². The van der Waals surface area contributed by atoms with E-state index in [1.54, 1.807) is 4.68 Å². The summed E-state index contributed by atoms with van der Waals surface area (Å²) < 4.78 is 7.55. The Hall–Kier alpha value is -3.15. The Balaban J connectivity index is 1.39. The van der Waals surface area contributed by atoms with Crippen molar-refractivity contribution in [3.8, 4) is 5.75 Å². The number of piperidine rings is 1. The minimum atomic E-state index is 0.130. The van der Waals surface area contributed by atoms with Crippen LogP contribution >= 0.6 is 0 Å². The molecule has 1 amide bonds. The highest BCUT2D eigenvalue weighted by atomic mass is 16.5. The number of hydrogen-bond acceptors (Lipinski definition) is 4. The monoisotopic (exact) mass is 432 g/mol. The van der Waals surface area contributed by atoms with Gasteiger partial charge in [-0.2, -0.15) is 5.10 Å². The lowest BCUT2D eigenvalue weighted by Gasteiger charge is -2.32. The number of rotatable bonds is 7. The molecule has 0 saturated carbocycles. The molecule has 1 aliphatic heterocycles. The van der Waals surface area contributed by atoms with Crippen LogP contribution in [0.2, 0.25) is 0 Å². The van der Waals surface area contributed by atoms with Gasteiger partial charge in [0.1, 0.15) is 12.3 Å². The van der Waals surface area contributed by atoms with Crippen LogP contribution in [0.3, 0.4) is 0 Å². The number of ether oxygens (including phenoxy) is 1. The smallest absolute Gasteiger partial charge is 0.244 e. The minimum Gasteiger partial charge on any atom is -0.494 e. The fourth-order valence-electron chi connectivity index (χ4n) is 4.46. The lowest BCUT2D eigenvalue weighted by Crippen LogP contribution is -2.41. The second-order valence-electron chi connectivity index (χ2n) is 8.57. The fourth-order valence-corrected chi connectivity index (χ4v) is 4.46. The van der Waals surface area contributed by atoms with Crippen molar-refractivity contribution in [2.75, 3.05) is 19.7 Å². The van der Waals surface area contributed by atoms with E-state index in [1.165, 1.54) is 5.56 Å². The van der Waals surface area contributed by atoms with E-state index in [2.05, 4.69) is 23.3 Å². The number of aromatic nitrogens is 3. The molecule has 0 aliphatic carbocycles. The van der Waals surface area contributed by atoms with Gasteiger partial charge in [0.25, 0.3) is 0 Å². The molecule has 168 valence electrons. The first-order valence-electron chi connectivity index (χ1n) is 11.5. The third-order valence-electron chi connectivity index (χ3n) is 6.10. The maximum absolute atomic E-state index is 12.9. The molecule has 0 radical (unpaired) electrons. The van der Waals surface area contributed by atoms with Gasteiger partial charge < -0.3 is 9.64 Å². The Bertz CT molecular complexity index is 1060. The van der Waals surface area contributed by atoms with E-state index >= 15 is 0 Å². The van der Waals surface area contributed by atoms with E-state index < -0.39 is 0 Å². The Kier molecular flexibility index (Phi) is 6.88. The predicted octanol–water partition coefficient (Wildman–Crippen LogP) is 4.29. The number of aryl methyl sites for hydroxylation is 2. The molecule has 1 aliphatic rings. The van der Waals surface area contributed by atoms with Crippen LogP contribution in [-0.4, -0.2) is 45.3 Å². The van der Waals surface area contributed by atoms with Gasteiger partial charge in [0.2, 0.25) is 5.91 Å². The van der Waals surface area contributed by atoms with Gasteiger partial charge in [-0.3, -0.25) is 14.5 Å². The second-order valence-corrected chi connectivity index (χ2v) is 8.57. The maximum Gasteiger partial charge on any atom is 0.244 e. The minimum absolute atomic E-state index is 0.130. The summed E-state index contributed by atoms with van der Waals surface area (Å²) in [5.41, 5.74) is 5.36. The summed E-state index contributed by atoms with van der Waals surface area (Å²) in [6.45, 7) is 8.43. The van der Waals surface area contributed by atoms with E-state index in [-0.39, 0.29) is 11.8 Å². The Morgan fingerprint density at radius 2 is 2.03 bits per heavy atom. The molecule has 0 bridgehead atoms. The zero-order valence-electron chi connectivity index (χ0n) is 19.3. The average Bonchev–Trinajstić information content (AvgIpc) is 3.12. The third-order valence-corrected chi connectivity index (χ3v) is 6.10. The molecule has 2 aromatic heterocycles. The van der Waals surface area contributed by atoms with Crippen molar-refractivity contribution in [3.05, 3.63) is 76.9 Å². The molecule has 1 fully saturated rings. The van der Waals surface area contributed by atoms with Gasteiger partial charge in [-0.1, -0.05) is 24.3 Å². The summed E-state index contributed by atoms with van der Waals surface area (Å²) in [4.78, 5) is 19.6. The van der Waals surface area contributed by atoms with Gasteiger partial charge in [0.05, 0.1) is 12.3 Å². The topological polar surface area (TPSA) is 60.2 Å². The Morgan fingerprint density at radius 3 is 2.75 bits per heavy atom. The van der Waals surface area contributed by atoms with Crippen LogP contribution < -0.4 is 4.74 Å². The molecule has 0 spiro atoms. The van der Waals surface area contributed by atoms with Crippen molar-refractivity contribution in [3.63, 3.8) is 0 Å². The highest BCUT2D eigenvalue weighted by Crippen LogP contribution is 2.27. The molecule has 3 aromatic rings. The first-order valence-corrected chi connectivity index (χ1v) is 11.5. The molecular weight excluding hydrogens is 400 g/mol. The van der Waals surface area contributed by atoms with Gasteiger partial charge in [0, 0.05) is 43.0 Å². The summed E-state index contributed by atoms with van der Waals surface area (Å²) in [6.07, 6.45) is 4.82. The van der Waals surface area contributed by atoms with Gasteiger partial charge in [-0.25, -0.2) is 0 Å². The second kappa shape index (κ2) is 9.98. The van der Waals surface area contributed by atoms with Crippen molar-refractivity contribution in [1.82, 2.24) is 19.7 Å². The summed E-state index contributed by atoms with van der Waals surface area (Å²) in [7, 11) is 0. The number of carbonyl (C=O) groups is 1. The predicted molar refractivity (Wildman–Crippen MR) is 125 cm³/mol. The van der Waals surface area contributed by atoms with Crippen LogP contribution in [0.25, 0.3) is 0 Å². The number of hydrogen-bond donors (Lipinski definition) is 0.